The smallest absolute Gasteiger partial charge is 0.309 e. The van der Waals surface area contributed by atoms with Gasteiger partial charge in [-0.3, -0.25) is 4.79 Å². The quantitative estimate of drug-likeness (QED) is 0.845. The van der Waals surface area contributed by atoms with Crippen molar-refractivity contribution in [3.8, 4) is 0 Å². The molecule has 1 aliphatic rings. The maximum atomic E-state index is 12.0. The molecule has 0 bridgehead atoms. The summed E-state index contributed by atoms with van der Waals surface area (Å²) in [6, 6.07) is 8.19. The summed E-state index contributed by atoms with van der Waals surface area (Å²) in [6.45, 7) is 4.03. The van der Waals surface area contributed by atoms with Gasteiger partial charge in [-0.2, -0.15) is 0 Å². The molecule has 0 saturated carbocycles. The SMILES string of the molecule is COC(=O)[C@H]1Cc2ccccc2CC[C@@](O)(C(C)C)C1. The van der Waals surface area contributed by atoms with Gasteiger partial charge in [0.2, 0.25) is 0 Å². The number of aliphatic hydroxyl groups is 1. The van der Waals surface area contributed by atoms with Crippen molar-refractivity contribution in [2.24, 2.45) is 11.8 Å². The molecule has 1 aromatic carbocycles. The first-order valence-corrected chi connectivity index (χ1v) is 7.33. The van der Waals surface area contributed by atoms with Crippen LogP contribution in [0.1, 0.15) is 37.8 Å². The number of fused-ring (bicyclic) bond motifs is 1. The summed E-state index contributed by atoms with van der Waals surface area (Å²) in [5, 5.41) is 10.9. The van der Waals surface area contributed by atoms with E-state index in [1.165, 1.54) is 18.2 Å². The predicted octanol–water partition coefficient (Wildman–Crippen LogP) is 2.74. The first kappa shape index (κ1) is 15.0. The Bertz CT molecular complexity index is 481. The van der Waals surface area contributed by atoms with Gasteiger partial charge in [0, 0.05) is 0 Å². The van der Waals surface area contributed by atoms with Crippen LogP contribution in [0.25, 0.3) is 0 Å². The van der Waals surface area contributed by atoms with E-state index >= 15 is 0 Å². The van der Waals surface area contributed by atoms with E-state index in [4.69, 9.17) is 4.74 Å². The van der Waals surface area contributed by atoms with Crippen molar-refractivity contribution in [3.05, 3.63) is 35.4 Å². The number of hydrogen-bond donors (Lipinski definition) is 1. The fourth-order valence-corrected chi connectivity index (χ4v) is 3.08. The number of hydrogen-bond acceptors (Lipinski definition) is 3. The van der Waals surface area contributed by atoms with Gasteiger partial charge in [0.1, 0.15) is 0 Å². The van der Waals surface area contributed by atoms with Gasteiger partial charge >= 0.3 is 5.97 Å². The van der Waals surface area contributed by atoms with E-state index in [2.05, 4.69) is 12.1 Å². The lowest BCUT2D eigenvalue weighted by molar-refractivity contribution is -0.149. The van der Waals surface area contributed by atoms with Crippen LogP contribution in [-0.4, -0.2) is 23.8 Å². The zero-order chi connectivity index (χ0) is 14.8. The van der Waals surface area contributed by atoms with Crippen LogP contribution in [0, 0.1) is 11.8 Å². The van der Waals surface area contributed by atoms with E-state index in [0.29, 0.717) is 19.3 Å². The third kappa shape index (κ3) is 3.04. The lowest BCUT2D eigenvalue weighted by atomic mass is 9.74. The molecule has 3 nitrogen and oxygen atoms in total. The predicted molar refractivity (Wildman–Crippen MR) is 78.4 cm³/mol. The van der Waals surface area contributed by atoms with E-state index in [1.807, 2.05) is 26.0 Å². The van der Waals surface area contributed by atoms with Gasteiger partial charge < -0.3 is 9.84 Å². The first-order chi connectivity index (χ1) is 9.46. The molecular weight excluding hydrogens is 252 g/mol. The Morgan fingerprint density at radius 2 is 2.00 bits per heavy atom. The number of benzene rings is 1. The van der Waals surface area contributed by atoms with Crippen LogP contribution in [0.5, 0.6) is 0 Å². The summed E-state index contributed by atoms with van der Waals surface area (Å²) in [7, 11) is 1.42. The Morgan fingerprint density at radius 1 is 1.35 bits per heavy atom. The Balaban J connectivity index is 2.36. The Kier molecular flexibility index (Phi) is 4.48. The number of esters is 1. The van der Waals surface area contributed by atoms with Gasteiger partial charge in [-0.25, -0.2) is 0 Å². The molecule has 0 spiro atoms. The standard InChI is InChI=1S/C17H24O3/c1-12(2)17(19)9-8-13-6-4-5-7-14(13)10-15(11-17)16(18)20-3/h4-7,12,15,19H,8-11H2,1-3H3/t15-,17-/m0/s1. The molecule has 1 N–H and O–H groups in total. The summed E-state index contributed by atoms with van der Waals surface area (Å²) in [5.74, 6) is -0.366. The van der Waals surface area contributed by atoms with Crippen molar-refractivity contribution in [3.63, 3.8) is 0 Å². The topological polar surface area (TPSA) is 46.5 Å². The molecule has 2 rings (SSSR count). The van der Waals surface area contributed by atoms with Crippen LogP contribution in [0.4, 0.5) is 0 Å². The highest BCUT2D eigenvalue weighted by Gasteiger charge is 2.38. The maximum absolute atomic E-state index is 12.0. The Hall–Kier alpha value is -1.35. The van der Waals surface area contributed by atoms with E-state index in [0.717, 1.165) is 6.42 Å². The average molecular weight is 276 g/mol. The third-order valence-corrected chi connectivity index (χ3v) is 4.62. The van der Waals surface area contributed by atoms with Crippen molar-refractivity contribution < 1.29 is 14.6 Å². The van der Waals surface area contributed by atoms with Crippen molar-refractivity contribution in [1.29, 1.82) is 0 Å². The normalized spacial score (nSPS) is 26.6. The molecule has 20 heavy (non-hydrogen) atoms. The molecule has 1 aromatic rings. The highest BCUT2D eigenvalue weighted by Crippen LogP contribution is 2.35. The fourth-order valence-electron chi connectivity index (χ4n) is 3.08. The average Bonchev–Trinajstić information content (AvgIpc) is 2.42. The molecule has 0 aliphatic heterocycles. The van der Waals surface area contributed by atoms with Crippen molar-refractivity contribution in [2.75, 3.05) is 7.11 Å². The number of aryl methyl sites for hydroxylation is 1. The second kappa shape index (κ2) is 5.96. The fraction of sp³-hybridized carbons (Fsp3) is 0.588. The van der Waals surface area contributed by atoms with Crippen LogP contribution in [-0.2, 0) is 22.4 Å². The van der Waals surface area contributed by atoms with Crippen LogP contribution < -0.4 is 0 Å². The highest BCUT2D eigenvalue weighted by molar-refractivity contribution is 5.73. The minimum atomic E-state index is -0.799. The summed E-state index contributed by atoms with van der Waals surface area (Å²) in [6.07, 6.45) is 2.68. The van der Waals surface area contributed by atoms with E-state index in [9.17, 15) is 9.90 Å². The zero-order valence-corrected chi connectivity index (χ0v) is 12.6. The molecule has 0 fully saturated rings. The Labute approximate surface area is 121 Å². The van der Waals surface area contributed by atoms with Gasteiger partial charge in [-0.1, -0.05) is 38.1 Å². The molecule has 3 heteroatoms. The minimum absolute atomic E-state index is 0.125. The van der Waals surface area contributed by atoms with Gasteiger partial charge in [-0.05, 0) is 42.7 Å². The zero-order valence-electron chi connectivity index (χ0n) is 12.6. The summed E-state index contributed by atoms with van der Waals surface area (Å²) in [4.78, 5) is 12.0. The van der Waals surface area contributed by atoms with Gasteiger partial charge in [-0.15, -0.1) is 0 Å². The highest BCUT2D eigenvalue weighted by atomic mass is 16.5. The third-order valence-electron chi connectivity index (χ3n) is 4.62. The van der Waals surface area contributed by atoms with Crippen LogP contribution in [0.2, 0.25) is 0 Å². The van der Waals surface area contributed by atoms with Gasteiger partial charge in [0.15, 0.2) is 0 Å². The number of carbonyl (C=O) groups excluding carboxylic acids is 1. The molecule has 2 atom stereocenters. The van der Waals surface area contributed by atoms with Crippen LogP contribution >= 0.6 is 0 Å². The lowest BCUT2D eigenvalue weighted by Crippen LogP contribution is -2.41. The van der Waals surface area contributed by atoms with Crippen LogP contribution in [0.15, 0.2) is 24.3 Å². The monoisotopic (exact) mass is 276 g/mol. The second-order valence-electron chi connectivity index (χ2n) is 6.16. The van der Waals surface area contributed by atoms with Gasteiger partial charge in [0.05, 0.1) is 18.6 Å². The van der Waals surface area contributed by atoms with Crippen molar-refractivity contribution in [2.45, 2.75) is 45.1 Å². The molecule has 0 amide bonds. The molecule has 110 valence electrons. The van der Waals surface area contributed by atoms with E-state index < -0.39 is 5.60 Å². The number of ether oxygens (including phenoxy) is 1. The van der Waals surface area contributed by atoms with Crippen molar-refractivity contribution in [1.82, 2.24) is 0 Å². The van der Waals surface area contributed by atoms with E-state index in [1.54, 1.807) is 0 Å². The number of carbonyl (C=O) groups is 1. The molecule has 0 heterocycles. The Morgan fingerprint density at radius 3 is 2.60 bits per heavy atom. The van der Waals surface area contributed by atoms with Gasteiger partial charge in [0.25, 0.3) is 0 Å². The molecule has 0 radical (unpaired) electrons. The molecule has 0 aromatic heterocycles. The molecular formula is C17H24O3. The van der Waals surface area contributed by atoms with E-state index in [-0.39, 0.29) is 17.8 Å². The summed E-state index contributed by atoms with van der Waals surface area (Å²) < 4.78 is 4.92. The second-order valence-corrected chi connectivity index (χ2v) is 6.16. The molecule has 1 aliphatic carbocycles. The van der Waals surface area contributed by atoms with Crippen molar-refractivity contribution >= 4 is 5.97 Å². The molecule has 0 saturated heterocycles. The summed E-state index contributed by atoms with van der Waals surface area (Å²) in [5.41, 5.74) is 1.64. The maximum Gasteiger partial charge on any atom is 0.309 e. The first-order valence-electron chi connectivity index (χ1n) is 7.33. The summed E-state index contributed by atoms with van der Waals surface area (Å²) >= 11 is 0. The number of rotatable bonds is 2. The van der Waals surface area contributed by atoms with Crippen LogP contribution in [0.3, 0.4) is 0 Å². The minimum Gasteiger partial charge on any atom is -0.469 e. The number of methoxy groups -OCH3 is 1. The molecule has 0 unspecified atom stereocenters. The largest absolute Gasteiger partial charge is 0.469 e. The lowest BCUT2D eigenvalue weighted by Gasteiger charge is -2.37.